The highest BCUT2D eigenvalue weighted by atomic mass is 16.6. The van der Waals surface area contributed by atoms with Crippen molar-refractivity contribution in [1.29, 1.82) is 0 Å². The minimum Gasteiger partial charge on any atom is -0.272 e. The normalized spacial score (nSPS) is 10.9. The van der Waals surface area contributed by atoms with E-state index in [4.69, 9.17) is 0 Å². The summed E-state index contributed by atoms with van der Waals surface area (Å²) < 4.78 is 0. The van der Waals surface area contributed by atoms with Crippen LogP contribution in [0.3, 0.4) is 0 Å². The molecule has 1 aromatic heterocycles. The fourth-order valence-corrected chi connectivity index (χ4v) is 2.71. The maximum Gasteiger partial charge on any atom is 0.301 e. The molecule has 17 heteroatoms. The van der Waals surface area contributed by atoms with Crippen LogP contribution in [-0.2, 0) is 0 Å². The molecule has 0 amide bonds. The summed E-state index contributed by atoms with van der Waals surface area (Å²) in [6.45, 7) is 0. The van der Waals surface area contributed by atoms with Gasteiger partial charge in [-0.1, -0.05) is 6.07 Å². The van der Waals surface area contributed by atoms with Crippen molar-refractivity contribution < 1.29 is 19.7 Å². The third-order valence-corrected chi connectivity index (χ3v) is 4.33. The number of hydrazone groups is 2. The second kappa shape index (κ2) is 10.8. The molecular weight excluding hydrogens is 482 g/mol. The number of hydrogen-bond donors (Lipinski definition) is 2. The largest absolute Gasteiger partial charge is 0.301 e. The van der Waals surface area contributed by atoms with Crippen molar-refractivity contribution in [3.63, 3.8) is 0 Å². The molecule has 2 aromatic carbocycles. The van der Waals surface area contributed by atoms with Gasteiger partial charge in [-0.3, -0.25) is 51.3 Å². The summed E-state index contributed by atoms with van der Waals surface area (Å²) in [5, 5.41) is 51.7. The lowest BCUT2D eigenvalue weighted by atomic mass is 10.2. The van der Waals surface area contributed by atoms with Crippen molar-refractivity contribution in [3.05, 3.63) is 106 Å². The number of pyridine rings is 1. The van der Waals surface area contributed by atoms with Gasteiger partial charge < -0.3 is 0 Å². The molecule has 3 aromatic rings. The molecule has 0 saturated heterocycles. The molecule has 0 atom stereocenters. The Hall–Kier alpha value is -5.87. The van der Waals surface area contributed by atoms with Gasteiger partial charge in [0.05, 0.1) is 55.6 Å². The van der Waals surface area contributed by atoms with E-state index in [-0.39, 0.29) is 11.4 Å². The first-order chi connectivity index (χ1) is 17.2. The highest BCUT2D eigenvalue weighted by Gasteiger charge is 2.20. The van der Waals surface area contributed by atoms with Gasteiger partial charge >= 0.3 is 11.4 Å². The van der Waals surface area contributed by atoms with E-state index in [2.05, 4.69) is 26.0 Å². The van der Waals surface area contributed by atoms with Gasteiger partial charge in [0.1, 0.15) is 11.4 Å². The Labute approximate surface area is 199 Å². The van der Waals surface area contributed by atoms with Gasteiger partial charge in [-0.05, 0) is 24.3 Å². The second-order valence-electron chi connectivity index (χ2n) is 6.66. The van der Waals surface area contributed by atoms with Crippen LogP contribution in [0.4, 0.5) is 34.1 Å². The Balaban J connectivity index is 1.71. The van der Waals surface area contributed by atoms with Crippen LogP contribution < -0.4 is 10.9 Å². The maximum atomic E-state index is 11.2. The van der Waals surface area contributed by atoms with Crippen molar-refractivity contribution in [1.82, 2.24) is 4.98 Å². The van der Waals surface area contributed by atoms with Crippen LogP contribution in [0.2, 0.25) is 0 Å². The van der Waals surface area contributed by atoms with Gasteiger partial charge in [0.2, 0.25) is 0 Å². The SMILES string of the molecule is O=[N+]([O-])c1ccc(N/N=C\c2cccc(/C=N/Nc3ccc([N+](=O)[O-])cc3[N+](=O)[O-])n2)c([N+](=O)[O-])c1. The lowest BCUT2D eigenvalue weighted by Crippen LogP contribution is -2.00. The maximum absolute atomic E-state index is 11.2. The third kappa shape index (κ3) is 6.13. The Morgan fingerprint density at radius 3 is 1.42 bits per heavy atom. The van der Waals surface area contributed by atoms with Crippen LogP contribution in [0, 0.1) is 40.5 Å². The van der Waals surface area contributed by atoms with E-state index in [9.17, 15) is 40.5 Å². The monoisotopic (exact) mass is 495 g/mol. The molecule has 0 aliphatic carbocycles. The lowest BCUT2D eigenvalue weighted by Gasteiger charge is -2.02. The molecule has 3 rings (SSSR count). The Bertz CT molecular complexity index is 1320. The number of nitrogens with zero attached hydrogens (tertiary/aromatic N) is 7. The van der Waals surface area contributed by atoms with E-state index in [1.165, 1.54) is 12.4 Å². The number of aromatic nitrogens is 1. The first-order valence-corrected chi connectivity index (χ1v) is 9.56. The average Bonchev–Trinajstić information content (AvgIpc) is 2.84. The van der Waals surface area contributed by atoms with Gasteiger partial charge in [0.25, 0.3) is 11.4 Å². The van der Waals surface area contributed by atoms with Crippen molar-refractivity contribution >= 4 is 46.6 Å². The topological polar surface area (TPSA) is 234 Å². The highest BCUT2D eigenvalue weighted by Crippen LogP contribution is 2.29. The van der Waals surface area contributed by atoms with Crippen LogP contribution in [0.15, 0.2) is 64.8 Å². The molecule has 0 spiro atoms. The summed E-state index contributed by atoms with van der Waals surface area (Å²) >= 11 is 0. The summed E-state index contributed by atoms with van der Waals surface area (Å²) in [5.41, 5.74) is 3.34. The summed E-state index contributed by atoms with van der Waals surface area (Å²) in [4.78, 5) is 45.1. The number of nitro benzene ring substituents is 4. The molecule has 0 bridgehead atoms. The van der Waals surface area contributed by atoms with Crippen LogP contribution in [0.5, 0.6) is 0 Å². The zero-order valence-corrected chi connectivity index (χ0v) is 17.7. The Morgan fingerprint density at radius 1 is 0.639 bits per heavy atom. The first-order valence-electron chi connectivity index (χ1n) is 9.56. The number of rotatable bonds is 10. The Kier molecular flexibility index (Phi) is 7.45. The molecule has 0 radical (unpaired) electrons. The molecule has 1 heterocycles. The highest BCUT2D eigenvalue weighted by molar-refractivity contribution is 5.83. The van der Waals surface area contributed by atoms with E-state index < -0.39 is 42.4 Å². The fraction of sp³-hybridized carbons (Fsp3) is 0. The van der Waals surface area contributed by atoms with Gasteiger partial charge in [-0.15, -0.1) is 0 Å². The van der Waals surface area contributed by atoms with Gasteiger partial charge in [0.15, 0.2) is 0 Å². The molecule has 36 heavy (non-hydrogen) atoms. The first kappa shape index (κ1) is 24.8. The van der Waals surface area contributed by atoms with Crippen molar-refractivity contribution in [3.8, 4) is 0 Å². The molecule has 0 saturated carbocycles. The molecule has 0 fully saturated rings. The lowest BCUT2D eigenvalue weighted by molar-refractivity contribution is -0.393. The van der Waals surface area contributed by atoms with E-state index in [0.29, 0.717) is 11.4 Å². The van der Waals surface area contributed by atoms with Crippen LogP contribution >= 0.6 is 0 Å². The second-order valence-corrected chi connectivity index (χ2v) is 6.66. The summed E-state index contributed by atoms with van der Waals surface area (Å²) in [6.07, 6.45) is 2.47. The van der Waals surface area contributed by atoms with Crippen LogP contribution in [0.25, 0.3) is 0 Å². The minimum absolute atomic E-state index is 0.0755. The number of hydrogen-bond acceptors (Lipinski definition) is 13. The van der Waals surface area contributed by atoms with E-state index >= 15 is 0 Å². The fourth-order valence-electron chi connectivity index (χ4n) is 2.71. The predicted octanol–water partition coefficient (Wildman–Crippen LogP) is 3.61. The molecular formula is C19H13N9O8. The number of non-ortho nitro benzene ring substituents is 2. The Morgan fingerprint density at radius 2 is 1.06 bits per heavy atom. The average molecular weight is 495 g/mol. The van der Waals surface area contributed by atoms with Crippen molar-refractivity contribution in [2.75, 3.05) is 10.9 Å². The van der Waals surface area contributed by atoms with Gasteiger partial charge in [0, 0.05) is 12.1 Å². The molecule has 0 aliphatic rings. The van der Waals surface area contributed by atoms with E-state index in [1.54, 1.807) is 18.2 Å². The van der Waals surface area contributed by atoms with Crippen molar-refractivity contribution in [2.45, 2.75) is 0 Å². The van der Waals surface area contributed by atoms with Gasteiger partial charge in [-0.2, -0.15) is 10.2 Å². The smallest absolute Gasteiger partial charge is 0.272 e. The zero-order chi connectivity index (χ0) is 26.2. The number of nitrogens with one attached hydrogen (secondary N) is 2. The number of anilines is 2. The number of benzene rings is 2. The quantitative estimate of drug-likeness (QED) is 0.234. The van der Waals surface area contributed by atoms with Crippen LogP contribution in [0.1, 0.15) is 11.4 Å². The van der Waals surface area contributed by atoms with E-state index in [0.717, 1.165) is 36.4 Å². The van der Waals surface area contributed by atoms with E-state index in [1.807, 2.05) is 0 Å². The van der Waals surface area contributed by atoms with Crippen LogP contribution in [-0.4, -0.2) is 37.1 Å². The zero-order valence-electron chi connectivity index (χ0n) is 17.7. The molecule has 2 N–H and O–H groups in total. The molecule has 182 valence electrons. The molecule has 0 aliphatic heterocycles. The van der Waals surface area contributed by atoms with Crippen molar-refractivity contribution in [2.24, 2.45) is 10.2 Å². The molecule has 17 nitrogen and oxygen atoms in total. The summed E-state index contributed by atoms with van der Waals surface area (Å²) in [5.74, 6) is 0. The predicted molar refractivity (Wildman–Crippen MR) is 126 cm³/mol. The summed E-state index contributed by atoms with van der Waals surface area (Å²) in [6, 6.07) is 10.8. The molecule has 0 unspecified atom stereocenters. The third-order valence-electron chi connectivity index (χ3n) is 4.33. The summed E-state index contributed by atoms with van der Waals surface area (Å²) in [7, 11) is 0. The number of nitro groups is 4. The minimum atomic E-state index is -0.789. The standard InChI is InChI=1S/C19H13N9O8/c29-25(30)14-4-6-16(18(8-14)27(33)34)23-20-10-12-2-1-3-13(22-12)11-21-24-17-7-5-15(26(31)32)9-19(17)28(35)36/h1-11,23-24H/b20-10-,21-11+. The van der Waals surface area contributed by atoms with Gasteiger partial charge in [-0.25, -0.2) is 4.98 Å².